The van der Waals surface area contributed by atoms with Crippen LogP contribution in [-0.2, 0) is 9.59 Å². The van der Waals surface area contributed by atoms with Crippen LogP contribution in [0, 0.1) is 0 Å². The summed E-state index contributed by atoms with van der Waals surface area (Å²) in [6.07, 6.45) is 3.99. The van der Waals surface area contributed by atoms with E-state index in [1.165, 1.54) is 6.08 Å². The molecule has 2 aromatic carbocycles. The van der Waals surface area contributed by atoms with Crippen LogP contribution in [0.15, 0.2) is 53.0 Å². The van der Waals surface area contributed by atoms with Gasteiger partial charge >= 0.3 is 0 Å². The van der Waals surface area contributed by atoms with Gasteiger partial charge in [-0.05, 0) is 81.4 Å². The maximum Gasteiger partial charge on any atom is 0.251 e. The van der Waals surface area contributed by atoms with Gasteiger partial charge in [0, 0.05) is 39.8 Å². The Kier molecular flexibility index (Phi) is 10.3. The molecule has 0 aliphatic carbocycles. The molecule has 0 atom stereocenters. The maximum absolute atomic E-state index is 13.1. The summed E-state index contributed by atoms with van der Waals surface area (Å²) in [7, 11) is 0. The summed E-state index contributed by atoms with van der Waals surface area (Å²) in [6.45, 7) is 4.08. The Morgan fingerprint density at radius 2 is 1.78 bits per heavy atom. The number of carbonyl (C=O) groups is 3. The highest BCUT2D eigenvalue weighted by molar-refractivity contribution is 9.10. The van der Waals surface area contributed by atoms with E-state index in [2.05, 4.69) is 37.2 Å². The molecule has 36 heavy (non-hydrogen) atoms. The molecule has 0 spiro atoms. The minimum absolute atomic E-state index is 0.231. The first-order valence-corrected chi connectivity index (χ1v) is 13.0. The van der Waals surface area contributed by atoms with E-state index in [0.29, 0.717) is 48.9 Å². The second-order valence-corrected chi connectivity index (χ2v) is 9.64. The lowest BCUT2D eigenvalue weighted by atomic mass is 9.87. The van der Waals surface area contributed by atoms with Crippen molar-refractivity contribution in [3.63, 3.8) is 0 Å². The SMILES string of the molecule is CCOc1ccc(Br)cc1C=CC(=O)NC1(C(=O)NCCNC(=O)c2ccc(Cl)cc2)CCNCC1. The number of carbonyl (C=O) groups excluding carboxylic acids is 3. The molecule has 1 saturated heterocycles. The molecule has 1 fully saturated rings. The standard InChI is InChI=1S/C26H30BrClN4O4/c1-2-36-22-9-6-20(27)17-19(22)5-10-23(33)32-26(11-13-29-14-12-26)25(35)31-16-15-30-24(34)18-3-7-21(28)8-4-18/h3-10,17,29H,2,11-16H2,1H3,(H,30,34)(H,31,35)(H,32,33). The van der Waals surface area contributed by atoms with Crippen molar-refractivity contribution in [2.45, 2.75) is 25.3 Å². The Labute approximate surface area is 224 Å². The first-order chi connectivity index (χ1) is 17.3. The van der Waals surface area contributed by atoms with Gasteiger partial charge < -0.3 is 26.0 Å². The van der Waals surface area contributed by atoms with Crippen LogP contribution in [-0.4, -0.2) is 56.0 Å². The van der Waals surface area contributed by atoms with Crippen LogP contribution in [0.1, 0.15) is 35.7 Å². The first-order valence-electron chi connectivity index (χ1n) is 11.8. The Bertz CT molecular complexity index is 1100. The Morgan fingerprint density at radius 3 is 2.47 bits per heavy atom. The fourth-order valence-corrected chi connectivity index (χ4v) is 4.37. The van der Waals surface area contributed by atoms with Crippen molar-refractivity contribution in [3.05, 3.63) is 69.2 Å². The minimum atomic E-state index is -1.03. The van der Waals surface area contributed by atoms with E-state index in [-0.39, 0.29) is 30.8 Å². The molecule has 8 nitrogen and oxygen atoms in total. The molecule has 0 radical (unpaired) electrons. The van der Waals surface area contributed by atoms with Crippen molar-refractivity contribution in [2.24, 2.45) is 0 Å². The van der Waals surface area contributed by atoms with Crippen LogP contribution in [0.2, 0.25) is 5.02 Å². The second-order valence-electron chi connectivity index (χ2n) is 8.29. The number of amides is 3. The third-order valence-electron chi connectivity index (χ3n) is 5.74. The Balaban J connectivity index is 1.58. The van der Waals surface area contributed by atoms with E-state index < -0.39 is 5.54 Å². The van der Waals surface area contributed by atoms with E-state index in [1.54, 1.807) is 30.3 Å². The predicted octanol–water partition coefficient (Wildman–Crippen LogP) is 3.30. The Morgan fingerprint density at radius 1 is 1.08 bits per heavy atom. The van der Waals surface area contributed by atoms with Gasteiger partial charge in [0.05, 0.1) is 6.61 Å². The smallest absolute Gasteiger partial charge is 0.251 e. The van der Waals surface area contributed by atoms with Gasteiger partial charge in [0.15, 0.2) is 0 Å². The monoisotopic (exact) mass is 576 g/mol. The van der Waals surface area contributed by atoms with Crippen LogP contribution in [0.5, 0.6) is 5.75 Å². The number of piperidine rings is 1. The van der Waals surface area contributed by atoms with Crippen LogP contribution < -0.4 is 26.0 Å². The molecule has 1 aliphatic rings. The van der Waals surface area contributed by atoms with Gasteiger partial charge in [0.1, 0.15) is 11.3 Å². The number of hydrogen-bond donors (Lipinski definition) is 4. The van der Waals surface area contributed by atoms with Crippen LogP contribution in [0.25, 0.3) is 6.08 Å². The van der Waals surface area contributed by atoms with Gasteiger partial charge in [-0.15, -0.1) is 0 Å². The van der Waals surface area contributed by atoms with Gasteiger partial charge in [0.25, 0.3) is 5.91 Å². The highest BCUT2D eigenvalue weighted by Gasteiger charge is 2.40. The maximum atomic E-state index is 13.1. The van der Waals surface area contributed by atoms with Crippen LogP contribution in [0.3, 0.4) is 0 Å². The largest absolute Gasteiger partial charge is 0.493 e. The summed E-state index contributed by atoms with van der Waals surface area (Å²) < 4.78 is 6.49. The van der Waals surface area contributed by atoms with Crippen molar-refractivity contribution in [2.75, 3.05) is 32.8 Å². The Hall–Kier alpha value is -2.88. The fraction of sp³-hybridized carbons (Fsp3) is 0.346. The summed E-state index contributed by atoms with van der Waals surface area (Å²) in [4.78, 5) is 38.2. The summed E-state index contributed by atoms with van der Waals surface area (Å²) >= 11 is 9.29. The third-order valence-corrected chi connectivity index (χ3v) is 6.49. The molecule has 10 heteroatoms. The van der Waals surface area contributed by atoms with Gasteiger partial charge in [-0.2, -0.15) is 0 Å². The minimum Gasteiger partial charge on any atom is -0.493 e. The molecule has 192 valence electrons. The number of nitrogens with one attached hydrogen (secondary N) is 4. The zero-order valence-electron chi connectivity index (χ0n) is 20.0. The first kappa shape index (κ1) is 27.7. The van der Waals surface area contributed by atoms with E-state index in [0.717, 1.165) is 10.0 Å². The highest BCUT2D eigenvalue weighted by Crippen LogP contribution is 2.25. The number of rotatable bonds is 10. The summed E-state index contributed by atoms with van der Waals surface area (Å²) in [5.74, 6) is -0.232. The van der Waals surface area contributed by atoms with Crippen LogP contribution >= 0.6 is 27.5 Å². The third kappa shape index (κ3) is 7.81. The summed E-state index contributed by atoms with van der Waals surface area (Å²) in [6, 6.07) is 12.1. The molecule has 0 saturated carbocycles. The van der Waals surface area contributed by atoms with Crippen molar-refractivity contribution < 1.29 is 19.1 Å². The molecule has 1 heterocycles. The van der Waals surface area contributed by atoms with E-state index >= 15 is 0 Å². The average molecular weight is 578 g/mol. The van der Waals surface area contributed by atoms with Gasteiger partial charge in [-0.1, -0.05) is 27.5 Å². The van der Waals surface area contributed by atoms with Gasteiger partial charge in [0.2, 0.25) is 11.8 Å². The molecular formula is C26H30BrClN4O4. The van der Waals surface area contributed by atoms with Crippen molar-refractivity contribution >= 4 is 51.3 Å². The van der Waals surface area contributed by atoms with Gasteiger partial charge in [-0.25, -0.2) is 0 Å². The zero-order valence-corrected chi connectivity index (χ0v) is 22.4. The molecule has 2 aromatic rings. The molecule has 1 aliphatic heterocycles. The van der Waals surface area contributed by atoms with E-state index in [4.69, 9.17) is 16.3 Å². The summed E-state index contributed by atoms with van der Waals surface area (Å²) in [5.41, 5.74) is 0.200. The molecule has 0 bridgehead atoms. The quantitative estimate of drug-likeness (QED) is 0.256. The van der Waals surface area contributed by atoms with Crippen molar-refractivity contribution in [1.82, 2.24) is 21.3 Å². The number of halogens is 2. The lowest BCUT2D eigenvalue weighted by Gasteiger charge is -2.36. The number of hydrogen-bond acceptors (Lipinski definition) is 5. The topological polar surface area (TPSA) is 109 Å². The van der Waals surface area contributed by atoms with Gasteiger partial charge in [-0.3, -0.25) is 14.4 Å². The van der Waals surface area contributed by atoms with E-state index in [9.17, 15) is 14.4 Å². The highest BCUT2D eigenvalue weighted by atomic mass is 79.9. The lowest BCUT2D eigenvalue weighted by Crippen LogP contribution is -2.63. The van der Waals surface area contributed by atoms with Crippen molar-refractivity contribution in [3.8, 4) is 5.75 Å². The normalized spacial score (nSPS) is 14.8. The van der Waals surface area contributed by atoms with Crippen molar-refractivity contribution in [1.29, 1.82) is 0 Å². The average Bonchev–Trinajstić information content (AvgIpc) is 2.87. The number of ether oxygens (including phenoxy) is 1. The molecular weight excluding hydrogens is 548 g/mol. The van der Waals surface area contributed by atoms with E-state index in [1.807, 2.05) is 25.1 Å². The molecule has 3 amide bonds. The molecule has 0 unspecified atom stereocenters. The molecule has 0 aromatic heterocycles. The number of benzene rings is 2. The predicted molar refractivity (Wildman–Crippen MR) is 144 cm³/mol. The fourth-order valence-electron chi connectivity index (χ4n) is 3.87. The molecule has 3 rings (SSSR count). The van der Waals surface area contributed by atoms with Crippen LogP contribution in [0.4, 0.5) is 0 Å². The summed E-state index contributed by atoms with van der Waals surface area (Å²) in [5, 5.41) is 12.3. The zero-order chi connectivity index (χ0) is 26.0. The lowest BCUT2D eigenvalue weighted by molar-refractivity contribution is -0.133. The molecule has 4 N–H and O–H groups in total. The second kappa shape index (κ2) is 13.4.